The first-order valence-electron chi connectivity index (χ1n) is 7.98. The van der Waals surface area contributed by atoms with Gasteiger partial charge in [-0.2, -0.15) is 5.10 Å². The third-order valence-electron chi connectivity index (χ3n) is 4.52. The standard InChI is InChI=1S/C17H20N4O4/c1-10-15(11(2)20(3)19-10)14-9-25-7-6-21(14)16(22)12-4-5-13(17(23)24)18-8-12/h4-5,8,14H,6-7,9H2,1-3H3,(H,23,24). The molecule has 8 heteroatoms. The zero-order valence-electron chi connectivity index (χ0n) is 14.4. The van der Waals surface area contributed by atoms with Gasteiger partial charge in [0.15, 0.2) is 0 Å². The number of aromatic carboxylic acids is 1. The van der Waals surface area contributed by atoms with Crippen LogP contribution < -0.4 is 0 Å². The average molecular weight is 344 g/mol. The smallest absolute Gasteiger partial charge is 0.354 e. The van der Waals surface area contributed by atoms with Gasteiger partial charge in [-0.3, -0.25) is 9.48 Å². The molecular formula is C17H20N4O4. The van der Waals surface area contributed by atoms with Crippen molar-refractivity contribution in [3.8, 4) is 0 Å². The van der Waals surface area contributed by atoms with E-state index < -0.39 is 5.97 Å². The normalized spacial score (nSPS) is 17.6. The molecule has 25 heavy (non-hydrogen) atoms. The summed E-state index contributed by atoms with van der Waals surface area (Å²) in [6, 6.07) is 2.61. The Labute approximate surface area is 145 Å². The lowest BCUT2D eigenvalue weighted by Gasteiger charge is -2.36. The Kier molecular flexibility index (Phi) is 4.54. The number of nitrogens with zero attached hydrogens (tertiary/aromatic N) is 4. The van der Waals surface area contributed by atoms with Gasteiger partial charge in [-0.1, -0.05) is 0 Å². The van der Waals surface area contributed by atoms with Gasteiger partial charge in [0.25, 0.3) is 5.91 Å². The molecule has 2 aromatic heterocycles. The summed E-state index contributed by atoms with van der Waals surface area (Å²) >= 11 is 0. The van der Waals surface area contributed by atoms with Gasteiger partial charge in [0.1, 0.15) is 5.69 Å². The molecule has 0 aromatic carbocycles. The fourth-order valence-electron chi connectivity index (χ4n) is 3.17. The number of pyridine rings is 1. The van der Waals surface area contributed by atoms with Crippen LogP contribution in [0.15, 0.2) is 18.3 Å². The largest absolute Gasteiger partial charge is 0.477 e. The number of morpholine rings is 1. The molecule has 0 saturated carbocycles. The van der Waals surface area contributed by atoms with Crippen molar-refractivity contribution in [1.82, 2.24) is 19.7 Å². The van der Waals surface area contributed by atoms with Crippen LogP contribution in [-0.2, 0) is 11.8 Å². The van der Waals surface area contributed by atoms with E-state index in [1.807, 2.05) is 20.9 Å². The molecule has 8 nitrogen and oxygen atoms in total. The van der Waals surface area contributed by atoms with E-state index >= 15 is 0 Å². The molecule has 1 aliphatic rings. The third kappa shape index (κ3) is 3.12. The number of carboxylic acid groups (broad SMARTS) is 1. The monoisotopic (exact) mass is 344 g/mol. The van der Waals surface area contributed by atoms with Crippen molar-refractivity contribution in [3.63, 3.8) is 0 Å². The first kappa shape index (κ1) is 17.1. The lowest BCUT2D eigenvalue weighted by Crippen LogP contribution is -2.43. The van der Waals surface area contributed by atoms with Gasteiger partial charge in [0.2, 0.25) is 0 Å². The number of ether oxygens (including phenoxy) is 1. The maximum Gasteiger partial charge on any atom is 0.354 e. The summed E-state index contributed by atoms with van der Waals surface area (Å²) in [6.07, 6.45) is 1.31. The molecule has 132 valence electrons. The molecule has 1 fully saturated rings. The predicted octanol–water partition coefficient (Wildman–Crippen LogP) is 1.34. The number of amides is 1. The van der Waals surface area contributed by atoms with Gasteiger partial charge >= 0.3 is 5.97 Å². The molecule has 1 unspecified atom stereocenters. The van der Waals surface area contributed by atoms with Gasteiger partial charge < -0.3 is 14.7 Å². The summed E-state index contributed by atoms with van der Waals surface area (Å²) in [5.74, 6) is -1.31. The lowest BCUT2D eigenvalue weighted by atomic mass is 10.0. The van der Waals surface area contributed by atoms with Crippen LogP contribution in [0.4, 0.5) is 0 Å². The van der Waals surface area contributed by atoms with E-state index in [9.17, 15) is 9.59 Å². The summed E-state index contributed by atoms with van der Waals surface area (Å²) in [6.45, 7) is 5.21. The number of carbonyl (C=O) groups excluding carboxylic acids is 1. The second-order valence-corrected chi connectivity index (χ2v) is 6.03. The van der Waals surface area contributed by atoms with Gasteiger partial charge in [-0.25, -0.2) is 9.78 Å². The van der Waals surface area contributed by atoms with Gasteiger partial charge in [-0.05, 0) is 26.0 Å². The molecule has 2 aromatic rings. The summed E-state index contributed by atoms with van der Waals surface area (Å²) in [5.41, 5.74) is 3.12. The van der Waals surface area contributed by atoms with E-state index in [0.717, 1.165) is 17.0 Å². The fourth-order valence-corrected chi connectivity index (χ4v) is 3.17. The van der Waals surface area contributed by atoms with Crippen LogP contribution in [0, 0.1) is 13.8 Å². The Morgan fingerprint density at radius 3 is 2.64 bits per heavy atom. The summed E-state index contributed by atoms with van der Waals surface area (Å²) in [4.78, 5) is 29.4. The number of carbonyl (C=O) groups is 2. The Morgan fingerprint density at radius 1 is 1.32 bits per heavy atom. The lowest BCUT2D eigenvalue weighted by molar-refractivity contribution is -0.00307. The zero-order chi connectivity index (χ0) is 18.1. The Morgan fingerprint density at radius 2 is 2.08 bits per heavy atom. The molecule has 1 atom stereocenters. The van der Waals surface area contributed by atoms with Gasteiger partial charge in [0, 0.05) is 31.0 Å². The highest BCUT2D eigenvalue weighted by Crippen LogP contribution is 2.30. The van der Waals surface area contributed by atoms with E-state index in [2.05, 4.69) is 10.1 Å². The zero-order valence-corrected chi connectivity index (χ0v) is 14.4. The molecule has 1 amide bonds. The van der Waals surface area contributed by atoms with E-state index in [1.165, 1.54) is 18.3 Å². The minimum Gasteiger partial charge on any atom is -0.477 e. The minimum atomic E-state index is -1.12. The number of hydrogen-bond acceptors (Lipinski definition) is 5. The van der Waals surface area contributed by atoms with Crippen molar-refractivity contribution in [1.29, 1.82) is 0 Å². The van der Waals surface area contributed by atoms with Crippen LogP contribution in [0.2, 0.25) is 0 Å². The highest BCUT2D eigenvalue weighted by Gasteiger charge is 2.33. The Balaban J connectivity index is 1.92. The molecule has 0 aliphatic carbocycles. The molecule has 1 aliphatic heterocycles. The second-order valence-electron chi connectivity index (χ2n) is 6.03. The maximum absolute atomic E-state index is 12.9. The number of aromatic nitrogens is 3. The molecule has 1 N–H and O–H groups in total. The summed E-state index contributed by atoms with van der Waals surface area (Å²) in [5, 5.41) is 13.4. The predicted molar refractivity (Wildman–Crippen MR) is 88.5 cm³/mol. The van der Waals surface area contributed by atoms with Crippen LogP contribution in [0.3, 0.4) is 0 Å². The highest BCUT2D eigenvalue weighted by molar-refractivity contribution is 5.95. The molecule has 0 radical (unpaired) electrons. The van der Waals surface area contributed by atoms with Crippen molar-refractivity contribution in [3.05, 3.63) is 46.5 Å². The van der Waals surface area contributed by atoms with E-state index in [0.29, 0.717) is 25.3 Å². The molecule has 3 rings (SSSR count). The average Bonchev–Trinajstić information content (AvgIpc) is 2.86. The van der Waals surface area contributed by atoms with Crippen LogP contribution in [0.1, 0.15) is 43.8 Å². The van der Waals surface area contributed by atoms with Crippen molar-refractivity contribution in [2.45, 2.75) is 19.9 Å². The van der Waals surface area contributed by atoms with E-state index in [-0.39, 0.29) is 17.6 Å². The summed E-state index contributed by atoms with van der Waals surface area (Å²) < 4.78 is 7.40. The maximum atomic E-state index is 12.9. The SMILES string of the molecule is Cc1nn(C)c(C)c1C1COCCN1C(=O)c1ccc(C(=O)O)nc1. The number of aryl methyl sites for hydroxylation is 2. The minimum absolute atomic E-state index is 0.0889. The topological polar surface area (TPSA) is 97.6 Å². The highest BCUT2D eigenvalue weighted by atomic mass is 16.5. The molecule has 0 bridgehead atoms. The molecule has 0 spiro atoms. The first-order chi connectivity index (χ1) is 11.9. The number of carboxylic acids is 1. The van der Waals surface area contributed by atoms with Crippen LogP contribution in [-0.4, -0.2) is 56.4 Å². The number of rotatable bonds is 3. The summed E-state index contributed by atoms with van der Waals surface area (Å²) in [7, 11) is 1.87. The van der Waals surface area contributed by atoms with Crippen LogP contribution in [0.25, 0.3) is 0 Å². The van der Waals surface area contributed by atoms with Crippen LogP contribution in [0.5, 0.6) is 0 Å². The van der Waals surface area contributed by atoms with Crippen molar-refractivity contribution >= 4 is 11.9 Å². The quantitative estimate of drug-likeness (QED) is 0.902. The van der Waals surface area contributed by atoms with E-state index in [4.69, 9.17) is 9.84 Å². The van der Waals surface area contributed by atoms with Crippen LogP contribution >= 0.6 is 0 Å². The first-order valence-corrected chi connectivity index (χ1v) is 7.98. The van der Waals surface area contributed by atoms with Gasteiger partial charge in [0.05, 0.1) is 30.5 Å². The number of hydrogen-bond donors (Lipinski definition) is 1. The Hall–Kier alpha value is -2.74. The van der Waals surface area contributed by atoms with Crippen molar-refractivity contribution in [2.75, 3.05) is 19.8 Å². The van der Waals surface area contributed by atoms with E-state index in [1.54, 1.807) is 9.58 Å². The third-order valence-corrected chi connectivity index (χ3v) is 4.52. The molecule has 1 saturated heterocycles. The van der Waals surface area contributed by atoms with Gasteiger partial charge in [-0.15, -0.1) is 0 Å². The Bertz CT molecular complexity index is 813. The van der Waals surface area contributed by atoms with Crippen molar-refractivity contribution in [2.24, 2.45) is 7.05 Å². The van der Waals surface area contributed by atoms with Crippen molar-refractivity contribution < 1.29 is 19.4 Å². The molecule has 3 heterocycles. The fraction of sp³-hybridized carbons (Fsp3) is 0.412. The second kappa shape index (κ2) is 6.64. The molecular weight excluding hydrogens is 324 g/mol.